The average molecular weight is 328 g/mol. The molecule has 0 saturated heterocycles. The fourth-order valence-corrected chi connectivity index (χ4v) is 2.65. The van der Waals surface area contributed by atoms with Gasteiger partial charge in [-0.25, -0.2) is 0 Å². The summed E-state index contributed by atoms with van der Waals surface area (Å²) >= 11 is 0. The van der Waals surface area contributed by atoms with E-state index in [1.54, 1.807) is 12.4 Å². The minimum absolute atomic E-state index is 0.0638. The van der Waals surface area contributed by atoms with Crippen LogP contribution in [-0.4, -0.2) is 34.0 Å². The number of nitrogens with one attached hydrogen (secondary N) is 2. The van der Waals surface area contributed by atoms with Crippen molar-refractivity contribution in [1.82, 2.24) is 20.2 Å². The number of hydrogen-bond acceptors (Lipinski definition) is 3. The predicted octanol–water partition coefficient (Wildman–Crippen LogP) is 2.13. The number of carbonyl (C=O) groups excluding carboxylic acids is 2. The van der Waals surface area contributed by atoms with Crippen molar-refractivity contribution in [2.75, 3.05) is 6.54 Å². The molecule has 0 radical (unpaired) electrons. The minimum atomic E-state index is -0.171. The highest BCUT2D eigenvalue weighted by atomic mass is 16.2. The Morgan fingerprint density at radius 3 is 2.67 bits per heavy atom. The molecule has 24 heavy (non-hydrogen) atoms. The van der Waals surface area contributed by atoms with Crippen LogP contribution in [0.4, 0.5) is 0 Å². The number of aryl methyl sites for hydroxylation is 1. The van der Waals surface area contributed by atoms with Gasteiger partial charge in [-0.2, -0.15) is 0 Å². The second-order valence-corrected chi connectivity index (χ2v) is 6.06. The lowest BCUT2D eigenvalue weighted by Crippen LogP contribution is -2.34. The molecule has 0 spiro atoms. The van der Waals surface area contributed by atoms with Crippen LogP contribution >= 0.6 is 0 Å². The van der Waals surface area contributed by atoms with E-state index in [0.717, 1.165) is 17.1 Å². The van der Waals surface area contributed by atoms with Gasteiger partial charge in [-0.1, -0.05) is 0 Å². The van der Waals surface area contributed by atoms with Crippen LogP contribution in [0.5, 0.6) is 0 Å². The van der Waals surface area contributed by atoms with E-state index < -0.39 is 0 Å². The van der Waals surface area contributed by atoms with Crippen molar-refractivity contribution in [3.05, 3.63) is 47.5 Å². The van der Waals surface area contributed by atoms with Crippen molar-refractivity contribution in [1.29, 1.82) is 0 Å². The SMILES string of the molecule is Cc1cc(C(=O)NCCC(=O)NC(C)C)c(C)n1-c1cccnc1. The summed E-state index contributed by atoms with van der Waals surface area (Å²) < 4.78 is 1.99. The van der Waals surface area contributed by atoms with Crippen molar-refractivity contribution in [3.63, 3.8) is 0 Å². The molecule has 6 heteroatoms. The van der Waals surface area contributed by atoms with Gasteiger partial charge in [0.25, 0.3) is 5.91 Å². The van der Waals surface area contributed by atoms with Gasteiger partial charge in [-0.15, -0.1) is 0 Å². The van der Waals surface area contributed by atoms with Crippen LogP contribution in [0.15, 0.2) is 30.6 Å². The second kappa shape index (κ2) is 7.77. The molecular weight excluding hydrogens is 304 g/mol. The minimum Gasteiger partial charge on any atom is -0.354 e. The Morgan fingerprint density at radius 2 is 2.04 bits per heavy atom. The third kappa shape index (κ3) is 4.22. The van der Waals surface area contributed by atoms with E-state index in [0.29, 0.717) is 12.1 Å². The van der Waals surface area contributed by atoms with E-state index in [1.165, 1.54) is 0 Å². The molecule has 128 valence electrons. The van der Waals surface area contributed by atoms with Gasteiger partial charge in [0.05, 0.1) is 17.4 Å². The summed E-state index contributed by atoms with van der Waals surface area (Å²) in [6, 6.07) is 5.77. The molecule has 2 aromatic rings. The van der Waals surface area contributed by atoms with Crippen molar-refractivity contribution >= 4 is 11.8 Å². The Kier molecular flexibility index (Phi) is 5.73. The Bertz CT molecular complexity index is 720. The predicted molar refractivity (Wildman–Crippen MR) is 93.3 cm³/mol. The van der Waals surface area contributed by atoms with Crippen molar-refractivity contribution < 1.29 is 9.59 Å². The van der Waals surface area contributed by atoms with Crippen LogP contribution in [-0.2, 0) is 4.79 Å². The number of amides is 2. The number of hydrogen-bond donors (Lipinski definition) is 2. The Hall–Kier alpha value is -2.63. The van der Waals surface area contributed by atoms with E-state index in [-0.39, 0.29) is 24.3 Å². The third-order valence-electron chi connectivity index (χ3n) is 3.67. The molecule has 0 atom stereocenters. The molecule has 0 fully saturated rings. The molecule has 2 aromatic heterocycles. The Labute approximate surface area is 142 Å². The van der Waals surface area contributed by atoms with Crippen LogP contribution in [0.1, 0.15) is 42.0 Å². The lowest BCUT2D eigenvalue weighted by molar-refractivity contribution is -0.121. The topological polar surface area (TPSA) is 76.0 Å². The maximum Gasteiger partial charge on any atom is 0.253 e. The normalized spacial score (nSPS) is 10.7. The van der Waals surface area contributed by atoms with Crippen molar-refractivity contribution in [3.8, 4) is 5.69 Å². The number of aromatic nitrogens is 2. The highest BCUT2D eigenvalue weighted by Gasteiger charge is 2.16. The van der Waals surface area contributed by atoms with Gasteiger partial charge in [0.2, 0.25) is 5.91 Å². The van der Waals surface area contributed by atoms with E-state index in [9.17, 15) is 9.59 Å². The summed E-state index contributed by atoms with van der Waals surface area (Å²) in [5, 5.41) is 5.61. The zero-order valence-electron chi connectivity index (χ0n) is 14.6. The Morgan fingerprint density at radius 1 is 1.29 bits per heavy atom. The molecule has 6 nitrogen and oxygen atoms in total. The van der Waals surface area contributed by atoms with E-state index in [4.69, 9.17) is 0 Å². The Balaban J connectivity index is 2.05. The fourth-order valence-electron chi connectivity index (χ4n) is 2.65. The quantitative estimate of drug-likeness (QED) is 0.853. The maximum atomic E-state index is 12.4. The third-order valence-corrected chi connectivity index (χ3v) is 3.67. The summed E-state index contributed by atoms with van der Waals surface area (Å²) in [5.74, 6) is -0.235. The molecule has 2 heterocycles. The molecular formula is C18H24N4O2. The van der Waals surface area contributed by atoms with Crippen LogP contribution in [0.25, 0.3) is 5.69 Å². The monoisotopic (exact) mass is 328 g/mol. The summed E-state index contributed by atoms with van der Waals surface area (Å²) in [4.78, 5) is 28.1. The molecule has 0 saturated carbocycles. The number of carbonyl (C=O) groups is 2. The van der Waals surface area contributed by atoms with Gasteiger partial charge in [0, 0.05) is 36.6 Å². The lowest BCUT2D eigenvalue weighted by atomic mass is 10.2. The van der Waals surface area contributed by atoms with Gasteiger partial charge in [-0.05, 0) is 45.9 Å². The molecule has 0 bridgehead atoms. The molecule has 0 aliphatic rings. The molecule has 2 amide bonds. The summed E-state index contributed by atoms with van der Waals surface area (Å²) in [6.45, 7) is 7.98. The number of nitrogens with zero attached hydrogens (tertiary/aromatic N) is 2. The lowest BCUT2D eigenvalue weighted by Gasteiger charge is -2.10. The average Bonchev–Trinajstić information content (AvgIpc) is 2.82. The molecule has 2 rings (SSSR count). The van der Waals surface area contributed by atoms with Crippen LogP contribution in [0.2, 0.25) is 0 Å². The molecule has 2 N–H and O–H groups in total. The summed E-state index contributed by atoms with van der Waals surface area (Å²) in [7, 11) is 0. The molecule has 0 aromatic carbocycles. The standard InChI is InChI=1S/C18H24N4O2/c1-12(2)21-17(23)7-9-20-18(24)16-10-13(3)22(14(16)4)15-6-5-8-19-11-15/h5-6,8,10-12H,7,9H2,1-4H3,(H,20,24)(H,21,23). The zero-order chi connectivity index (χ0) is 17.7. The van der Waals surface area contributed by atoms with E-state index in [2.05, 4.69) is 15.6 Å². The number of rotatable bonds is 6. The van der Waals surface area contributed by atoms with E-state index in [1.807, 2.05) is 50.5 Å². The van der Waals surface area contributed by atoms with Gasteiger partial charge in [-0.3, -0.25) is 14.6 Å². The molecule has 0 aliphatic carbocycles. The van der Waals surface area contributed by atoms with Gasteiger partial charge < -0.3 is 15.2 Å². The van der Waals surface area contributed by atoms with Gasteiger partial charge in [0.1, 0.15) is 0 Å². The first-order valence-corrected chi connectivity index (χ1v) is 8.07. The first-order valence-electron chi connectivity index (χ1n) is 8.07. The van der Waals surface area contributed by atoms with Crippen LogP contribution in [0.3, 0.4) is 0 Å². The highest BCUT2D eigenvalue weighted by Crippen LogP contribution is 2.20. The smallest absolute Gasteiger partial charge is 0.253 e. The first kappa shape index (κ1) is 17.7. The molecule has 0 aliphatic heterocycles. The van der Waals surface area contributed by atoms with E-state index >= 15 is 0 Å². The van der Waals surface area contributed by atoms with Crippen molar-refractivity contribution in [2.45, 2.75) is 40.2 Å². The maximum absolute atomic E-state index is 12.4. The fraction of sp³-hybridized carbons (Fsp3) is 0.389. The van der Waals surface area contributed by atoms with Crippen LogP contribution < -0.4 is 10.6 Å². The largest absolute Gasteiger partial charge is 0.354 e. The summed E-state index contributed by atoms with van der Waals surface area (Å²) in [5.41, 5.74) is 3.34. The molecule has 0 unspecified atom stereocenters. The first-order chi connectivity index (χ1) is 11.4. The summed E-state index contributed by atoms with van der Waals surface area (Å²) in [6.07, 6.45) is 3.75. The van der Waals surface area contributed by atoms with Gasteiger partial charge >= 0.3 is 0 Å². The van der Waals surface area contributed by atoms with Crippen LogP contribution in [0, 0.1) is 13.8 Å². The zero-order valence-corrected chi connectivity index (χ0v) is 14.6. The number of pyridine rings is 1. The second-order valence-electron chi connectivity index (χ2n) is 6.06. The highest BCUT2D eigenvalue weighted by molar-refractivity contribution is 5.96. The van der Waals surface area contributed by atoms with Crippen molar-refractivity contribution in [2.24, 2.45) is 0 Å². The van der Waals surface area contributed by atoms with Gasteiger partial charge in [0.15, 0.2) is 0 Å².